The summed E-state index contributed by atoms with van der Waals surface area (Å²) < 4.78 is 3.66. The number of aryl methyl sites for hydroxylation is 3. The van der Waals surface area contributed by atoms with Crippen molar-refractivity contribution in [3.63, 3.8) is 0 Å². The van der Waals surface area contributed by atoms with Gasteiger partial charge in [0.25, 0.3) is 5.01 Å². The van der Waals surface area contributed by atoms with Crippen LogP contribution in [-0.4, -0.2) is 7.05 Å². The number of halogens is 1. The molecule has 1 aromatic heterocycles. The van der Waals surface area contributed by atoms with Gasteiger partial charge in [0.2, 0.25) is 5.52 Å². The van der Waals surface area contributed by atoms with Gasteiger partial charge in [-0.2, -0.15) is 4.57 Å². The Hall–Kier alpha value is -2.79. The maximum atomic E-state index is 6.23. The molecule has 1 aliphatic carbocycles. The number of benzene rings is 3. The van der Waals surface area contributed by atoms with Crippen LogP contribution in [0, 0.1) is 13.8 Å². The summed E-state index contributed by atoms with van der Waals surface area (Å²) in [6.07, 6.45) is 9.24. The van der Waals surface area contributed by atoms with E-state index in [9.17, 15) is 0 Å². The van der Waals surface area contributed by atoms with E-state index in [4.69, 9.17) is 11.6 Å². The Morgan fingerprint density at radius 1 is 0.946 bits per heavy atom. The van der Waals surface area contributed by atoms with E-state index in [2.05, 4.69) is 104 Å². The lowest BCUT2D eigenvalue weighted by molar-refractivity contribution is -0.642. The van der Waals surface area contributed by atoms with Crippen LogP contribution in [-0.2, 0) is 7.05 Å². The summed E-state index contributed by atoms with van der Waals surface area (Å²) in [6.45, 7) is 4.32. The standard InChI is InChI=1S/C32H30ClN2S2/c1-20-5-11-27-29(13-20)36-31(34(27)3)18-22-15-23(17-25(16-22)24-7-9-26(33)10-8-24)19-32-35(4)28-12-6-21(2)14-30(28)37-32/h5-15,18-19,25H,16-17H2,1-4H3/q+1. The Bertz CT molecular complexity index is 1610. The van der Waals surface area contributed by atoms with Gasteiger partial charge in [-0.3, -0.25) is 0 Å². The lowest BCUT2D eigenvalue weighted by Crippen LogP contribution is -2.29. The molecule has 0 amide bonds. The smallest absolute Gasteiger partial charge is 0.262 e. The Labute approximate surface area is 232 Å². The van der Waals surface area contributed by atoms with E-state index in [0.717, 1.165) is 17.9 Å². The molecule has 37 heavy (non-hydrogen) atoms. The minimum atomic E-state index is 0.420. The molecule has 0 fully saturated rings. The van der Waals surface area contributed by atoms with E-state index in [1.54, 1.807) is 0 Å². The van der Waals surface area contributed by atoms with Gasteiger partial charge in [-0.1, -0.05) is 65.0 Å². The first-order chi connectivity index (χ1) is 17.8. The number of nitrogens with zero attached hydrogens (tertiary/aromatic N) is 2. The van der Waals surface area contributed by atoms with Gasteiger partial charge in [-0.25, -0.2) is 0 Å². The molecule has 1 unspecified atom stereocenters. The molecule has 1 aliphatic heterocycles. The highest BCUT2D eigenvalue weighted by molar-refractivity contribution is 8.03. The third-order valence-electron chi connectivity index (χ3n) is 7.34. The van der Waals surface area contributed by atoms with E-state index in [1.165, 1.54) is 58.7 Å². The summed E-state index contributed by atoms with van der Waals surface area (Å²) in [7, 11) is 4.35. The minimum absolute atomic E-state index is 0.420. The molecule has 2 aliphatic rings. The zero-order valence-electron chi connectivity index (χ0n) is 21.6. The highest BCUT2D eigenvalue weighted by atomic mass is 35.5. The second-order valence-electron chi connectivity index (χ2n) is 10.2. The number of rotatable bonds is 3. The summed E-state index contributed by atoms with van der Waals surface area (Å²) in [5, 5.41) is 3.36. The van der Waals surface area contributed by atoms with Gasteiger partial charge in [0.15, 0.2) is 0 Å². The molecule has 0 N–H and O–H groups in total. The number of allylic oxidation sites excluding steroid dienone is 4. The Morgan fingerprint density at radius 2 is 1.70 bits per heavy atom. The quantitative estimate of drug-likeness (QED) is 0.239. The minimum Gasteiger partial charge on any atom is -0.338 e. The van der Waals surface area contributed by atoms with Gasteiger partial charge in [0.05, 0.1) is 10.7 Å². The third kappa shape index (κ3) is 4.90. The van der Waals surface area contributed by atoms with Crippen LogP contribution in [0.4, 0.5) is 5.69 Å². The van der Waals surface area contributed by atoms with E-state index in [-0.39, 0.29) is 0 Å². The van der Waals surface area contributed by atoms with Gasteiger partial charge in [0, 0.05) is 29.1 Å². The second-order valence-corrected chi connectivity index (χ2v) is 12.7. The maximum absolute atomic E-state index is 6.23. The van der Waals surface area contributed by atoms with Crippen LogP contribution < -0.4 is 9.47 Å². The zero-order valence-corrected chi connectivity index (χ0v) is 24.0. The molecule has 5 heteroatoms. The Kier molecular flexibility index (Phi) is 6.52. The number of hydrogen-bond donors (Lipinski definition) is 0. The fourth-order valence-electron chi connectivity index (χ4n) is 5.30. The number of fused-ring (bicyclic) bond motifs is 2. The molecule has 6 rings (SSSR count). The van der Waals surface area contributed by atoms with Crippen molar-refractivity contribution in [2.24, 2.45) is 7.05 Å². The fraction of sp³-hybridized carbons (Fsp3) is 0.219. The van der Waals surface area contributed by atoms with Crippen LogP contribution in [0.25, 0.3) is 16.3 Å². The number of anilines is 1. The van der Waals surface area contributed by atoms with Gasteiger partial charge < -0.3 is 4.90 Å². The van der Waals surface area contributed by atoms with Gasteiger partial charge >= 0.3 is 0 Å². The molecular formula is C32H30ClN2S2+. The molecule has 1 atom stereocenters. The fourth-order valence-corrected chi connectivity index (χ4v) is 7.88. The molecule has 3 aromatic carbocycles. The van der Waals surface area contributed by atoms with Crippen LogP contribution in [0.1, 0.15) is 40.5 Å². The van der Waals surface area contributed by atoms with Gasteiger partial charge in [-0.05, 0) is 96.9 Å². The number of thiazole rings is 1. The van der Waals surface area contributed by atoms with Crippen LogP contribution in [0.3, 0.4) is 0 Å². The van der Waals surface area contributed by atoms with Crippen LogP contribution >= 0.6 is 34.7 Å². The molecule has 186 valence electrons. The van der Waals surface area contributed by atoms with Crippen molar-refractivity contribution >= 4 is 56.7 Å². The summed E-state index contributed by atoms with van der Waals surface area (Å²) in [5.74, 6) is 0.420. The van der Waals surface area contributed by atoms with Crippen molar-refractivity contribution < 1.29 is 4.57 Å². The number of thioether (sulfide) groups is 1. The lowest BCUT2D eigenvalue weighted by atomic mass is 9.81. The monoisotopic (exact) mass is 541 g/mol. The molecular weight excluding hydrogens is 512 g/mol. The first-order valence-electron chi connectivity index (χ1n) is 12.6. The molecule has 0 spiro atoms. The molecule has 0 saturated carbocycles. The molecule has 2 heterocycles. The van der Waals surface area contributed by atoms with Crippen molar-refractivity contribution in [1.29, 1.82) is 0 Å². The Morgan fingerprint density at radius 3 is 2.51 bits per heavy atom. The predicted octanol–water partition coefficient (Wildman–Crippen LogP) is 8.97. The molecule has 0 radical (unpaired) electrons. The zero-order chi connectivity index (χ0) is 25.7. The SMILES string of the molecule is Cc1ccc2c(c1)S/C(=C\C1=CC(=C/c3sc4cc(C)ccc4[n+]3C)/CC(c3ccc(Cl)cc3)C1)N2C. The average Bonchev–Trinajstić information content (AvgIpc) is 3.34. The van der Waals surface area contributed by atoms with Gasteiger partial charge in [-0.15, -0.1) is 0 Å². The predicted molar refractivity (Wildman–Crippen MR) is 161 cm³/mol. The molecule has 0 saturated heterocycles. The van der Waals surface area contributed by atoms with Crippen LogP contribution in [0.2, 0.25) is 5.02 Å². The van der Waals surface area contributed by atoms with Crippen LogP contribution in [0.5, 0.6) is 0 Å². The first-order valence-corrected chi connectivity index (χ1v) is 14.6. The summed E-state index contributed by atoms with van der Waals surface area (Å²) >= 11 is 9.97. The number of aromatic nitrogens is 1. The Balaban J connectivity index is 1.40. The summed E-state index contributed by atoms with van der Waals surface area (Å²) in [4.78, 5) is 3.66. The van der Waals surface area contributed by atoms with Gasteiger partial charge in [0.1, 0.15) is 11.7 Å². The lowest BCUT2D eigenvalue weighted by Gasteiger charge is -2.25. The molecule has 2 nitrogen and oxygen atoms in total. The van der Waals surface area contributed by atoms with Crippen molar-refractivity contribution in [1.82, 2.24) is 0 Å². The largest absolute Gasteiger partial charge is 0.338 e. The highest BCUT2D eigenvalue weighted by Gasteiger charge is 2.25. The molecule has 4 aromatic rings. The van der Waals surface area contributed by atoms with E-state index in [0.29, 0.717) is 5.92 Å². The average molecular weight is 542 g/mol. The first kappa shape index (κ1) is 24.5. The summed E-state index contributed by atoms with van der Waals surface area (Å²) in [5.41, 5.74) is 9.27. The third-order valence-corrected chi connectivity index (χ3v) is 9.89. The van der Waals surface area contributed by atoms with Crippen molar-refractivity contribution in [3.8, 4) is 0 Å². The maximum Gasteiger partial charge on any atom is 0.262 e. The van der Waals surface area contributed by atoms with Crippen molar-refractivity contribution in [2.75, 3.05) is 11.9 Å². The summed E-state index contributed by atoms with van der Waals surface area (Å²) in [6, 6.07) is 21.9. The van der Waals surface area contributed by atoms with E-state index in [1.807, 2.05) is 35.2 Å². The van der Waals surface area contributed by atoms with Crippen molar-refractivity contribution in [2.45, 2.75) is 37.5 Å². The van der Waals surface area contributed by atoms with Crippen LogP contribution in [0.15, 0.2) is 93.9 Å². The number of hydrogen-bond acceptors (Lipinski definition) is 3. The molecule has 0 bridgehead atoms. The second kappa shape index (κ2) is 9.83. The highest BCUT2D eigenvalue weighted by Crippen LogP contribution is 2.47. The van der Waals surface area contributed by atoms with Crippen molar-refractivity contribution in [3.05, 3.63) is 116 Å². The van der Waals surface area contributed by atoms with E-state index < -0.39 is 0 Å². The normalized spacial score (nSPS) is 19.6. The van der Waals surface area contributed by atoms with E-state index >= 15 is 0 Å². The topological polar surface area (TPSA) is 7.12 Å².